The highest BCUT2D eigenvalue weighted by atomic mass is 16.7. The van der Waals surface area contributed by atoms with E-state index in [1.54, 1.807) is 0 Å². The predicted molar refractivity (Wildman–Crippen MR) is 58.8 cm³/mol. The molecule has 15 heavy (non-hydrogen) atoms. The van der Waals surface area contributed by atoms with E-state index in [0.29, 0.717) is 0 Å². The van der Waals surface area contributed by atoms with Gasteiger partial charge in [0.15, 0.2) is 0 Å². The quantitative estimate of drug-likeness (QED) is 0.531. The van der Waals surface area contributed by atoms with Crippen molar-refractivity contribution in [2.24, 2.45) is 0 Å². The van der Waals surface area contributed by atoms with Gasteiger partial charge < -0.3 is 9.47 Å². The van der Waals surface area contributed by atoms with Crippen LogP contribution in [0.15, 0.2) is 0 Å². The van der Waals surface area contributed by atoms with Crippen molar-refractivity contribution in [3.8, 4) is 0 Å². The molecule has 0 bridgehead atoms. The van der Waals surface area contributed by atoms with Gasteiger partial charge >= 0.3 is 6.16 Å². The van der Waals surface area contributed by atoms with Crippen molar-refractivity contribution in [3.63, 3.8) is 0 Å². The Morgan fingerprint density at radius 2 is 1.87 bits per heavy atom. The molecule has 0 unspecified atom stereocenters. The van der Waals surface area contributed by atoms with Crippen molar-refractivity contribution >= 4 is 6.16 Å². The number of ether oxygens (including phenoxy) is 2. The highest BCUT2D eigenvalue weighted by Gasteiger charge is 2.18. The molecule has 0 heterocycles. The van der Waals surface area contributed by atoms with Gasteiger partial charge in [0.1, 0.15) is 12.2 Å². The lowest BCUT2D eigenvalue weighted by atomic mass is 10.2. The first-order valence-electron chi connectivity index (χ1n) is 6.09. The zero-order valence-electron chi connectivity index (χ0n) is 9.83. The van der Waals surface area contributed by atoms with Crippen LogP contribution in [0.5, 0.6) is 0 Å². The SMILES string of the molecule is CC[C@@H](C)OC(=O)OC1CCCCCC1. The smallest absolute Gasteiger partial charge is 0.431 e. The number of carbonyl (C=O) groups is 1. The summed E-state index contributed by atoms with van der Waals surface area (Å²) in [5, 5.41) is 0. The van der Waals surface area contributed by atoms with Crippen LogP contribution in [0.25, 0.3) is 0 Å². The molecule has 0 radical (unpaired) electrons. The average molecular weight is 214 g/mol. The van der Waals surface area contributed by atoms with Gasteiger partial charge in [-0.3, -0.25) is 0 Å². The Hall–Kier alpha value is -0.730. The van der Waals surface area contributed by atoms with Gasteiger partial charge in [-0.15, -0.1) is 0 Å². The van der Waals surface area contributed by atoms with E-state index in [4.69, 9.17) is 9.47 Å². The van der Waals surface area contributed by atoms with Crippen molar-refractivity contribution in [1.29, 1.82) is 0 Å². The Morgan fingerprint density at radius 3 is 2.40 bits per heavy atom. The van der Waals surface area contributed by atoms with E-state index in [1.165, 1.54) is 25.7 Å². The zero-order valence-corrected chi connectivity index (χ0v) is 9.83. The van der Waals surface area contributed by atoms with Gasteiger partial charge in [-0.25, -0.2) is 4.79 Å². The van der Waals surface area contributed by atoms with Crippen molar-refractivity contribution in [2.45, 2.75) is 71.0 Å². The number of rotatable bonds is 3. The number of carbonyl (C=O) groups excluding carboxylic acids is 1. The third kappa shape index (κ3) is 5.05. The van der Waals surface area contributed by atoms with Gasteiger partial charge in [0.25, 0.3) is 0 Å². The summed E-state index contributed by atoms with van der Waals surface area (Å²) in [4.78, 5) is 11.3. The molecule has 3 nitrogen and oxygen atoms in total. The second kappa shape index (κ2) is 6.70. The van der Waals surface area contributed by atoms with Crippen LogP contribution in [-0.4, -0.2) is 18.4 Å². The Bertz CT molecular complexity index is 183. The van der Waals surface area contributed by atoms with Crippen LogP contribution in [-0.2, 0) is 9.47 Å². The second-order valence-electron chi connectivity index (χ2n) is 4.32. The van der Waals surface area contributed by atoms with Crippen LogP contribution in [0.2, 0.25) is 0 Å². The normalized spacial score (nSPS) is 20.4. The van der Waals surface area contributed by atoms with Crippen molar-refractivity contribution < 1.29 is 14.3 Å². The van der Waals surface area contributed by atoms with Gasteiger partial charge in [0.05, 0.1) is 0 Å². The first kappa shape index (κ1) is 12.3. The summed E-state index contributed by atoms with van der Waals surface area (Å²) in [5.74, 6) is 0. The Kier molecular flexibility index (Phi) is 5.51. The summed E-state index contributed by atoms with van der Waals surface area (Å²) in [6.45, 7) is 3.87. The fraction of sp³-hybridized carbons (Fsp3) is 0.917. The van der Waals surface area contributed by atoms with Crippen LogP contribution < -0.4 is 0 Å². The predicted octanol–water partition coefficient (Wildman–Crippen LogP) is 3.66. The van der Waals surface area contributed by atoms with Crippen LogP contribution >= 0.6 is 0 Å². The van der Waals surface area contributed by atoms with Crippen LogP contribution in [0.4, 0.5) is 4.79 Å². The van der Waals surface area contributed by atoms with Crippen molar-refractivity contribution in [1.82, 2.24) is 0 Å². The number of hydrogen-bond acceptors (Lipinski definition) is 3. The van der Waals surface area contributed by atoms with E-state index in [2.05, 4.69) is 0 Å². The molecule has 3 heteroatoms. The molecular formula is C12H22O3. The summed E-state index contributed by atoms with van der Waals surface area (Å²) in [5.41, 5.74) is 0. The van der Waals surface area contributed by atoms with E-state index < -0.39 is 6.16 Å². The largest absolute Gasteiger partial charge is 0.508 e. The lowest BCUT2D eigenvalue weighted by molar-refractivity contribution is -0.00166. The van der Waals surface area contributed by atoms with Crippen molar-refractivity contribution in [2.75, 3.05) is 0 Å². The summed E-state index contributed by atoms with van der Waals surface area (Å²) < 4.78 is 10.4. The Morgan fingerprint density at radius 1 is 1.27 bits per heavy atom. The standard InChI is InChI=1S/C12H22O3/c1-3-10(2)14-12(13)15-11-8-6-4-5-7-9-11/h10-11H,3-9H2,1-2H3/t10-/m1/s1. The molecule has 0 aromatic heterocycles. The van der Waals surface area contributed by atoms with Gasteiger partial charge in [0.2, 0.25) is 0 Å². The first-order valence-corrected chi connectivity index (χ1v) is 6.09. The summed E-state index contributed by atoms with van der Waals surface area (Å²) in [7, 11) is 0. The molecule has 0 saturated heterocycles. The molecule has 1 aliphatic rings. The maximum Gasteiger partial charge on any atom is 0.508 e. The highest BCUT2D eigenvalue weighted by Crippen LogP contribution is 2.20. The molecule has 0 N–H and O–H groups in total. The minimum atomic E-state index is -0.490. The van der Waals surface area contributed by atoms with E-state index in [9.17, 15) is 4.79 Å². The van der Waals surface area contributed by atoms with Crippen LogP contribution in [0.1, 0.15) is 58.8 Å². The molecule has 0 amide bonds. The Labute approximate surface area is 92.1 Å². The first-order chi connectivity index (χ1) is 7.22. The average Bonchev–Trinajstić information content (AvgIpc) is 2.46. The van der Waals surface area contributed by atoms with Crippen LogP contribution in [0.3, 0.4) is 0 Å². The summed E-state index contributed by atoms with van der Waals surface area (Å²) in [6, 6.07) is 0. The molecule has 1 rings (SSSR count). The van der Waals surface area contributed by atoms with Gasteiger partial charge in [-0.05, 0) is 39.0 Å². The van der Waals surface area contributed by atoms with Gasteiger partial charge in [-0.1, -0.05) is 19.8 Å². The molecular weight excluding hydrogens is 192 g/mol. The second-order valence-corrected chi connectivity index (χ2v) is 4.32. The van der Waals surface area contributed by atoms with Crippen LogP contribution in [0, 0.1) is 0 Å². The molecule has 0 aliphatic heterocycles. The fourth-order valence-corrected chi connectivity index (χ4v) is 1.77. The van der Waals surface area contributed by atoms with E-state index >= 15 is 0 Å². The lowest BCUT2D eigenvalue weighted by Gasteiger charge is -2.17. The van der Waals surface area contributed by atoms with Gasteiger partial charge in [-0.2, -0.15) is 0 Å². The lowest BCUT2D eigenvalue weighted by Crippen LogP contribution is -2.21. The number of hydrogen-bond donors (Lipinski definition) is 0. The molecule has 88 valence electrons. The third-order valence-electron chi connectivity index (χ3n) is 2.94. The zero-order chi connectivity index (χ0) is 11.1. The van der Waals surface area contributed by atoms with E-state index in [0.717, 1.165) is 19.3 Å². The highest BCUT2D eigenvalue weighted by molar-refractivity contribution is 5.60. The maximum atomic E-state index is 11.3. The molecule has 0 spiro atoms. The third-order valence-corrected chi connectivity index (χ3v) is 2.94. The van der Waals surface area contributed by atoms with E-state index in [1.807, 2.05) is 13.8 Å². The monoisotopic (exact) mass is 214 g/mol. The maximum absolute atomic E-state index is 11.3. The molecule has 1 aliphatic carbocycles. The molecule has 1 saturated carbocycles. The minimum absolute atomic E-state index is 0.0386. The minimum Gasteiger partial charge on any atom is -0.431 e. The molecule has 1 fully saturated rings. The molecule has 0 aromatic rings. The van der Waals surface area contributed by atoms with Crippen molar-refractivity contribution in [3.05, 3.63) is 0 Å². The molecule has 0 aromatic carbocycles. The van der Waals surface area contributed by atoms with E-state index in [-0.39, 0.29) is 12.2 Å². The fourth-order valence-electron chi connectivity index (χ4n) is 1.77. The topological polar surface area (TPSA) is 35.5 Å². The Balaban J connectivity index is 2.23. The summed E-state index contributed by atoms with van der Waals surface area (Å²) in [6.07, 6.45) is 7.25. The molecule has 1 atom stereocenters. The van der Waals surface area contributed by atoms with Gasteiger partial charge in [0, 0.05) is 0 Å². The summed E-state index contributed by atoms with van der Waals surface area (Å²) >= 11 is 0.